The summed E-state index contributed by atoms with van der Waals surface area (Å²) in [7, 11) is 3.16. The molecule has 6 heteroatoms. The first-order valence-electron chi connectivity index (χ1n) is 8.60. The molecular weight excluding hydrogens is 356 g/mol. The third-order valence-electron chi connectivity index (χ3n) is 4.08. The fourth-order valence-corrected chi connectivity index (χ4v) is 2.56. The SMILES string of the molecule is COc1ccc(NC(=O)c2cccc(C(=O)Nc3ccc(OC)cc3)c2)cc1. The summed E-state index contributed by atoms with van der Waals surface area (Å²) in [4.78, 5) is 25.0. The maximum absolute atomic E-state index is 12.5. The average molecular weight is 376 g/mol. The summed E-state index contributed by atoms with van der Waals surface area (Å²) in [5.41, 5.74) is 2.05. The second kappa shape index (κ2) is 8.73. The monoisotopic (exact) mass is 376 g/mol. The molecule has 0 bridgehead atoms. The van der Waals surface area contributed by atoms with Gasteiger partial charge in [-0.25, -0.2) is 0 Å². The number of hydrogen-bond donors (Lipinski definition) is 2. The normalized spacial score (nSPS) is 10.1. The first-order valence-corrected chi connectivity index (χ1v) is 8.60. The molecule has 2 amide bonds. The standard InChI is InChI=1S/C22H20N2O4/c1-27-19-10-6-17(7-11-19)23-21(25)15-4-3-5-16(14-15)22(26)24-18-8-12-20(28-2)13-9-18/h3-14H,1-2H3,(H,23,25)(H,24,26). The van der Waals surface area contributed by atoms with E-state index in [4.69, 9.17) is 9.47 Å². The van der Waals surface area contributed by atoms with E-state index < -0.39 is 0 Å². The van der Waals surface area contributed by atoms with Crippen molar-refractivity contribution < 1.29 is 19.1 Å². The zero-order valence-electron chi connectivity index (χ0n) is 15.6. The van der Waals surface area contributed by atoms with Crippen LogP contribution in [0, 0.1) is 0 Å². The van der Waals surface area contributed by atoms with Crippen molar-refractivity contribution >= 4 is 23.2 Å². The van der Waals surface area contributed by atoms with Gasteiger partial charge in [0.15, 0.2) is 0 Å². The number of benzene rings is 3. The number of methoxy groups -OCH3 is 2. The van der Waals surface area contributed by atoms with E-state index in [1.807, 2.05) is 0 Å². The van der Waals surface area contributed by atoms with Crippen molar-refractivity contribution in [2.45, 2.75) is 0 Å². The Labute approximate surface area is 163 Å². The Balaban J connectivity index is 1.69. The molecule has 0 heterocycles. The lowest BCUT2D eigenvalue weighted by Crippen LogP contribution is -2.15. The minimum absolute atomic E-state index is 0.302. The molecule has 2 N–H and O–H groups in total. The van der Waals surface area contributed by atoms with Crippen molar-refractivity contribution in [2.75, 3.05) is 24.9 Å². The van der Waals surface area contributed by atoms with E-state index >= 15 is 0 Å². The van der Waals surface area contributed by atoms with Gasteiger partial charge in [0.05, 0.1) is 14.2 Å². The van der Waals surface area contributed by atoms with Crippen molar-refractivity contribution in [1.29, 1.82) is 0 Å². The number of hydrogen-bond acceptors (Lipinski definition) is 4. The Bertz CT molecular complexity index is 890. The number of ether oxygens (including phenoxy) is 2. The molecule has 0 fully saturated rings. The van der Waals surface area contributed by atoms with Crippen LogP contribution < -0.4 is 20.1 Å². The van der Waals surface area contributed by atoms with E-state index in [0.29, 0.717) is 34.0 Å². The molecule has 0 saturated carbocycles. The Hall–Kier alpha value is -3.80. The van der Waals surface area contributed by atoms with Gasteiger partial charge in [0.1, 0.15) is 11.5 Å². The smallest absolute Gasteiger partial charge is 0.255 e. The Morgan fingerprint density at radius 3 is 1.39 bits per heavy atom. The zero-order chi connectivity index (χ0) is 19.9. The molecule has 0 atom stereocenters. The van der Waals surface area contributed by atoms with Gasteiger partial charge in [0.25, 0.3) is 11.8 Å². The van der Waals surface area contributed by atoms with Crippen molar-refractivity contribution in [1.82, 2.24) is 0 Å². The van der Waals surface area contributed by atoms with E-state index in [0.717, 1.165) is 0 Å². The molecule has 0 aliphatic heterocycles. The summed E-state index contributed by atoms with van der Waals surface area (Å²) in [5.74, 6) is 0.805. The largest absolute Gasteiger partial charge is 0.497 e. The molecule has 28 heavy (non-hydrogen) atoms. The maximum atomic E-state index is 12.5. The molecule has 3 aromatic carbocycles. The Morgan fingerprint density at radius 2 is 1.04 bits per heavy atom. The first kappa shape index (κ1) is 19.0. The van der Waals surface area contributed by atoms with Crippen LogP contribution in [0.5, 0.6) is 11.5 Å². The van der Waals surface area contributed by atoms with Crippen LogP contribution in [-0.4, -0.2) is 26.0 Å². The zero-order valence-corrected chi connectivity index (χ0v) is 15.6. The molecule has 0 aliphatic carbocycles. The van der Waals surface area contributed by atoms with Crippen LogP contribution in [-0.2, 0) is 0 Å². The lowest BCUT2D eigenvalue weighted by Gasteiger charge is -2.09. The topological polar surface area (TPSA) is 76.7 Å². The van der Waals surface area contributed by atoms with Crippen LogP contribution in [0.2, 0.25) is 0 Å². The van der Waals surface area contributed by atoms with Gasteiger partial charge in [-0.15, -0.1) is 0 Å². The highest BCUT2D eigenvalue weighted by Gasteiger charge is 2.11. The molecule has 0 saturated heterocycles. The van der Waals surface area contributed by atoms with Crippen LogP contribution in [0.3, 0.4) is 0 Å². The number of amides is 2. The summed E-state index contributed by atoms with van der Waals surface area (Å²) in [5, 5.41) is 5.60. The number of carbonyl (C=O) groups is 2. The number of carbonyl (C=O) groups excluding carboxylic acids is 2. The van der Waals surface area contributed by atoms with Gasteiger partial charge in [-0.2, -0.15) is 0 Å². The Morgan fingerprint density at radius 1 is 0.643 bits per heavy atom. The van der Waals surface area contributed by atoms with Crippen molar-refractivity contribution in [2.24, 2.45) is 0 Å². The van der Waals surface area contributed by atoms with Gasteiger partial charge in [-0.3, -0.25) is 9.59 Å². The van der Waals surface area contributed by atoms with Crippen LogP contribution in [0.4, 0.5) is 11.4 Å². The second-order valence-electron chi connectivity index (χ2n) is 5.95. The van der Waals surface area contributed by atoms with E-state index in [9.17, 15) is 9.59 Å². The highest BCUT2D eigenvalue weighted by atomic mass is 16.5. The summed E-state index contributed by atoms with van der Waals surface area (Å²) in [6.45, 7) is 0. The predicted molar refractivity (Wildman–Crippen MR) is 108 cm³/mol. The molecule has 3 rings (SSSR count). The van der Waals surface area contributed by atoms with Gasteiger partial charge in [0, 0.05) is 22.5 Å². The highest BCUT2D eigenvalue weighted by Crippen LogP contribution is 2.18. The van der Waals surface area contributed by atoms with E-state index in [1.54, 1.807) is 87.0 Å². The van der Waals surface area contributed by atoms with Crippen LogP contribution in [0.1, 0.15) is 20.7 Å². The lowest BCUT2D eigenvalue weighted by molar-refractivity contribution is 0.102. The second-order valence-corrected chi connectivity index (χ2v) is 5.95. The van der Waals surface area contributed by atoms with Gasteiger partial charge in [-0.1, -0.05) is 6.07 Å². The summed E-state index contributed by atoms with van der Waals surface area (Å²) >= 11 is 0. The number of nitrogens with one attached hydrogen (secondary N) is 2. The molecule has 0 aliphatic rings. The van der Waals surface area contributed by atoms with Crippen molar-refractivity contribution in [3.63, 3.8) is 0 Å². The molecule has 0 aromatic heterocycles. The highest BCUT2D eigenvalue weighted by molar-refractivity contribution is 6.08. The van der Waals surface area contributed by atoms with Crippen LogP contribution in [0.15, 0.2) is 72.8 Å². The average Bonchev–Trinajstić information content (AvgIpc) is 2.75. The van der Waals surface area contributed by atoms with Crippen LogP contribution >= 0.6 is 0 Å². The molecule has 0 spiro atoms. The van der Waals surface area contributed by atoms with Crippen LogP contribution in [0.25, 0.3) is 0 Å². The molecule has 0 radical (unpaired) electrons. The quantitative estimate of drug-likeness (QED) is 0.676. The Kier molecular flexibility index (Phi) is 5.91. The molecular formula is C22H20N2O4. The summed E-state index contributed by atoms with van der Waals surface area (Å²) < 4.78 is 10.2. The predicted octanol–water partition coefficient (Wildman–Crippen LogP) is 4.21. The molecule has 0 unspecified atom stereocenters. The van der Waals surface area contributed by atoms with E-state index in [1.165, 1.54) is 0 Å². The summed E-state index contributed by atoms with van der Waals surface area (Å²) in [6.07, 6.45) is 0. The first-order chi connectivity index (χ1) is 13.6. The number of anilines is 2. The number of rotatable bonds is 6. The van der Waals surface area contributed by atoms with Crippen molar-refractivity contribution in [3.05, 3.63) is 83.9 Å². The minimum Gasteiger partial charge on any atom is -0.497 e. The third kappa shape index (κ3) is 4.67. The minimum atomic E-state index is -0.302. The molecule has 3 aromatic rings. The molecule has 142 valence electrons. The fraction of sp³-hybridized carbons (Fsp3) is 0.0909. The lowest BCUT2D eigenvalue weighted by atomic mass is 10.1. The van der Waals surface area contributed by atoms with E-state index in [2.05, 4.69) is 10.6 Å². The van der Waals surface area contributed by atoms with Gasteiger partial charge in [0.2, 0.25) is 0 Å². The van der Waals surface area contributed by atoms with Crippen molar-refractivity contribution in [3.8, 4) is 11.5 Å². The van der Waals surface area contributed by atoms with Gasteiger partial charge >= 0.3 is 0 Å². The van der Waals surface area contributed by atoms with Gasteiger partial charge in [-0.05, 0) is 66.7 Å². The summed E-state index contributed by atoms with van der Waals surface area (Å²) in [6, 6.07) is 20.6. The van der Waals surface area contributed by atoms with E-state index in [-0.39, 0.29) is 11.8 Å². The van der Waals surface area contributed by atoms with Gasteiger partial charge < -0.3 is 20.1 Å². The third-order valence-corrected chi connectivity index (χ3v) is 4.08. The molecule has 6 nitrogen and oxygen atoms in total. The maximum Gasteiger partial charge on any atom is 0.255 e. The fourth-order valence-electron chi connectivity index (χ4n) is 2.56.